The van der Waals surface area contributed by atoms with Crippen molar-refractivity contribution in [2.45, 2.75) is 106 Å². The molecule has 3 N–H and O–H groups in total. The summed E-state index contributed by atoms with van der Waals surface area (Å²) in [5, 5.41) is 4.92. The number of alkyl carbamates (subject to hydrolysis) is 1. The number of benzene rings is 1. The quantitative estimate of drug-likeness (QED) is 0.357. The van der Waals surface area contributed by atoms with Crippen molar-refractivity contribution in [2.24, 2.45) is 11.8 Å². The molecule has 1 aromatic rings. The summed E-state index contributed by atoms with van der Waals surface area (Å²) in [6, 6.07) is 3.65. The van der Waals surface area contributed by atoms with Gasteiger partial charge in [-0.15, -0.1) is 6.58 Å². The summed E-state index contributed by atoms with van der Waals surface area (Å²) in [4.78, 5) is 71.7. The molecular formula is C36H45N5O9S. The lowest BCUT2D eigenvalue weighted by Crippen LogP contribution is -2.59. The molecule has 3 aliphatic carbocycles. The predicted molar refractivity (Wildman–Crippen MR) is 184 cm³/mol. The highest BCUT2D eigenvalue weighted by atomic mass is 32.2. The largest absolute Gasteiger partial charge is 0.449 e. The van der Waals surface area contributed by atoms with Crippen LogP contribution >= 0.6 is 0 Å². The number of nitrogens with zero attached hydrogens (tertiary/aromatic N) is 2. The molecule has 5 atom stereocenters. The topological polar surface area (TPSA) is 181 Å². The normalized spacial score (nSPS) is 30.6. The highest BCUT2D eigenvalue weighted by molar-refractivity contribution is 7.91. The van der Waals surface area contributed by atoms with Crippen LogP contribution in [0.3, 0.4) is 0 Å². The van der Waals surface area contributed by atoms with Gasteiger partial charge in [-0.3, -0.25) is 24.0 Å². The summed E-state index contributed by atoms with van der Waals surface area (Å²) < 4.78 is 38.9. The maximum Gasteiger partial charge on any atom is 0.410 e. The van der Waals surface area contributed by atoms with Crippen molar-refractivity contribution in [1.82, 2.24) is 25.2 Å². The van der Waals surface area contributed by atoms with E-state index in [1.807, 2.05) is 30.4 Å². The van der Waals surface area contributed by atoms with Gasteiger partial charge in [0.25, 0.3) is 5.91 Å². The van der Waals surface area contributed by atoms with Crippen LogP contribution in [0.25, 0.3) is 6.08 Å². The molecule has 3 aliphatic heterocycles. The van der Waals surface area contributed by atoms with Gasteiger partial charge in [-0.05, 0) is 61.1 Å². The summed E-state index contributed by atoms with van der Waals surface area (Å²) in [5.74, 6) is -2.79. The molecule has 0 aromatic heterocycles. The Labute approximate surface area is 297 Å². The molecule has 15 heteroatoms. The zero-order chi connectivity index (χ0) is 35.9. The van der Waals surface area contributed by atoms with Crippen LogP contribution in [0.1, 0.15) is 80.9 Å². The molecule has 3 saturated carbocycles. The molecule has 3 heterocycles. The standard InChI is InChI=1S/C36H45N5O9S/c1-2-25-18-36(25,33(44)39-51(47,48)27-14-15-27)38-31(42)29-17-26-20-41(29)32(43)30(23-10-4-3-5-11-23)37-34(45)49-16-7-6-9-22-12-8-13-24-19-40(21-28(22)24)35(46)50-26/h2,6,8-9,12-13,23,25-27,29-30H,1,3-5,7,10-11,14-21H2,(H,37,45)(H,38,42)(H,39,44)/b9-6+/t25-,26-,29+,30+,36-/m1/s1. The Bertz CT molecular complexity index is 1750. The molecule has 14 nitrogen and oxygen atoms in total. The highest BCUT2D eigenvalue weighted by Gasteiger charge is 2.62. The average molecular weight is 724 g/mol. The Balaban J connectivity index is 1.17. The third kappa shape index (κ3) is 7.22. The van der Waals surface area contributed by atoms with E-state index in [2.05, 4.69) is 21.9 Å². The third-order valence-electron chi connectivity index (χ3n) is 11.1. The first kappa shape index (κ1) is 35.0. The monoisotopic (exact) mass is 723 g/mol. The summed E-state index contributed by atoms with van der Waals surface area (Å²) in [7, 11) is -3.90. The second kappa shape index (κ2) is 14.0. The number of fused-ring (bicyclic) bond motifs is 3. The fourth-order valence-electron chi connectivity index (χ4n) is 7.97. The molecule has 0 unspecified atom stereocenters. The van der Waals surface area contributed by atoms with Crippen LogP contribution in [-0.2, 0) is 47.0 Å². The number of cyclic esters (lactones) is 1. The van der Waals surface area contributed by atoms with Gasteiger partial charge in [0.05, 0.1) is 24.9 Å². The van der Waals surface area contributed by atoms with Gasteiger partial charge in [0.2, 0.25) is 21.8 Å². The van der Waals surface area contributed by atoms with Gasteiger partial charge in [-0.25, -0.2) is 18.0 Å². The van der Waals surface area contributed by atoms with E-state index in [4.69, 9.17) is 9.47 Å². The number of hydrogen-bond donors (Lipinski definition) is 3. The first-order chi connectivity index (χ1) is 24.5. The van der Waals surface area contributed by atoms with Crippen molar-refractivity contribution in [3.05, 3.63) is 53.6 Å². The minimum absolute atomic E-state index is 0.0588. The Morgan fingerprint density at radius 1 is 1.06 bits per heavy atom. The molecule has 1 saturated heterocycles. The fourth-order valence-corrected chi connectivity index (χ4v) is 9.33. The molecular weight excluding hydrogens is 678 g/mol. The summed E-state index contributed by atoms with van der Waals surface area (Å²) in [5.41, 5.74) is 1.34. The predicted octanol–water partition coefficient (Wildman–Crippen LogP) is 2.87. The number of rotatable bonds is 7. The van der Waals surface area contributed by atoms with Crippen molar-refractivity contribution in [3.8, 4) is 0 Å². The number of hydrogen-bond acceptors (Lipinski definition) is 9. The van der Waals surface area contributed by atoms with Crippen LogP contribution < -0.4 is 15.4 Å². The summed E-state index contributed by atoms with van der Waals surface area (Å²) in [6.45, 7) is 4.39. The van der Waals surface area contributed by atoms with E-state index in [9.17, 15) is 32.4 Å². The van der Waals surface area contributed by atoms with Gasteiger partial charge >= 0.3 is 12.2 Å². The number of nitrogens with one attached hydrogen (secondary N) is 3. The first-order valence-electron chi connectivity index (χ1n) is 18.0. The van der Waals surface area contributed by atoms with Crippen molar-refractivity contribution >= 4 is 46.0 Å². The van der Waals surface area contributed by atoms with Crippen LogP contribution in [0.5, 0.6) is 0 Å². The van der Waals surface area contributed by atoms with Gasteiger partial charge < -0.3 is 25.0 Å². The maximum absolute atomic E-state index is 14.5. The number of sulfonamides is 1. The molecule has 5 amide bonds. The molecule has 51 heavy (non-hydrogen) atoms. The van der Waals surface area contributed by atoms with E-state index in [-0.39, 0.29) is 31.9 Å². The lowest BCUT2D eigenvalue weighted by molar-refractivity contribution is -0.142. The van der Waals surface area contributed by atoms with Crippen molar-refractivity contribution in [3.63, 3.8) is 0 Å². The molecule has 274 valence electrons. The van der Waals surface area contributed by atoms with Crippen LogP contribution in [0.2, 0.25) is 0 Å². The maximum atomic E-state index is 14.5. The second-order valence-corrected chi connectivity index (χ2v) is 16.6. The molecule has 0 radical (unpaired) electrons. The Hall–Kier alpha value is -4.40. The second-order valence-electron chi connectivity index (χ2n) is 14.6. The number of carbonyl (C=O) groups excluding carboxylic acids is 5. The van der Waals surface area contributed by atoms with Crippen LogP contribution in [-0.4, -0.2) is 90.3 Å². The zero-order valence-electron chi connectivity index (χ0n) is 28.5. The lowest BCUT2D eigenvalue weighted by atomic mass is 9.83. The molecule has 4 fully saturated rings. The molecule has 7 rings (SSSR count). The summed E-state index contributed by atoms with van der Waals surface area (Å²) >= 11 is 0. The van der Waals surface area contributed by atoms with Crippen molar-refractivity contribution in [1.29, 1.82) is 0 Å². The van der Waals surface area contributed by atoms with Gasteiger partial charge in [-0.2, -0.15) is 0 Å². The van der Waals surface area contributed by atoms with E-state index < -0.39 is 74.8 Å². The fraction of sp³-hybridized carbons (Fsp3) is 0.583. The van der Waals surface area contributed by atoms with E-state index in [1.54, 1.807) is 4.90 Å². The first-order valence-corrected chi connectivity index (χ1v) is 19.5. The van der Waals surface area contributed by atoms with Crippen LogP contribution in [0, 0.1) is 11.8 Å². The van der Waals surface area contributed by atoms with E-state index in [0.717, 1.165) is 36.0 Å². The lowest BCUT2D eigenvalue weighted by Gasteiger charge is -2.34. The number of carbonyl (C=O) groups is 5. The average Bonchev–Trinajstić information content (AvgIpc) is 4.01. The Morgan fingerprint density at radius 2 is 1.84 bits per heavy atom. The molecule has 1 aromatic carbocycles. The number of ether oxygens (including phenoxy) is 2. The van der Waals surface area contributed by atoms with Gasteiger partial charge in [0.15, 0.2) is 0 Å². The van der Waals surface area contributed by atoms with Crippen LogP contribution in [0.4, 0.5) is 9.59 Å². The molecule has 4 bridgehead atoms. The Kier molecular flexibility index (Phi) is 9.59. The van der Waals surface area contributed by atoms with Gasteiger partial charge in [0.1, 0.15) is 23.7 Å². The van der Waals surface area contributed by atoms with Gasteiger partial charge in [0, 0.05) is 18.9 Å². The SMILES string of the molecule is C=C[C@@H]1C[C@]1(NC(=O)[C@@H]1C[C@@H]2CN1C(=O)[C@H](C1CCCCC1)NC(=O)OCC/C=C/c1cccc3c1CN(C3)C(=O)O2)C(=O)NS(=O)(=O)C1CC1. The van der Waals surface area contributed by atoms with Crippen molar-refractivity contribution < 1.29 is 41.9 Å². The van der Waals surface area contributed by atoms with E-state index >= 15 is 0 Å². The minimum Gasteiger partial charge on any atom is -0.449 e. The molecule has 6 aliphatic rings. The zero-order valence-corrected chi connectivity index (χ0v) is 29.3. The van der Waals surface area contributed by atoms with Gasteiger partial charge in [-0.1, -0.05) is 55.7 Å². The third-order valence-corrected chi connectivity index (χ3v) is 12.9. The smallest absolute Gasteiger partial charge is 0.410 e. The van der Waals surface area contributed by atoms with E-state index in [0.29, 0.717) is 45.2 Å². The minimum atomic E-state index is -3.90. The summed E-state index contributed by atoms with van der Waals surface area (Å²) in [6.07, 6.45) is 8.71. The molecule has 0 spiro atoms. The highest BCUT2D eigenvalue weighted by Crippen LogP contribution is 2.45. The van der Waals surface area contributed by atoms with E-state index in [1.165, 1.54) is 11.0 Å². The van der Waals surface area contributed by atoms with Crippen molar-refractivity contribution in [2.75, 3.05) is 13.2 Å². The van der Waals surface area contributed by atoms with Crippen LogP contribution in [0.15, 0.2) is 36.9 Å². The number of amides is 5. The Morgan fingerprint density at radius 3 is 2.57 bits per heavy atom.